The Morgan fingerprint density at radius 3 is 2.65 bits per heavy atom. The zero-order valence-electron chi connectivity index (χ0n) is 10.1. The van der Waals surface area contributed by atoms with Gasteiger partial charge in [-0.15, -0.1) is 0 Å². The summed E-state index contributed by atoms with van der Waals surface area (Å²) in [5.74, 6) is -0.325. The quantitative estimate of drug-likeness (QED) is 0.882. The van der Waals surface area contributed by atoms with Crippen LogP contribution in [0.4, 0.5) is 10.1 Å². The SMILES string of the molecule is Cc1cc(Br)c(F)cc1NC(=O)C1CC1(C)C. The smallest absolute Gasteiger partial charge is 0.228 e. The summed E-state index contributed by atoms with van der Waals surface area (Å²) >= 11 is 3.12. The van der Waals surface area contributed by atoms with Crippen molar-refractivity contribution < 1.29 is 9.18 Å². The van der Waals surface area contributed by atoms with Crippen molar-refractivity contribution in [3.8, 4) is 0 Å². The molecule has 2 rings (SSSR count). The van der Waals surface area contributed by atoms with E-state index in [9.17, 15) is 9.18 Å². The number of hydrogen-bond acceptors (Lipinski definition) is 1. The number of rotatable bonds is 2. The Morgan fingerprint density at radius 1 is 1.53 bits per heavy atom. The summed E-state index contributed by atoms with van der Waals surface area (Å²) in [6, 6.07) is 3.02. The lowest BCUT2D eigenvalue weighted by Gasteiger charge is -2.10. The minimum atomic E-state index is -0.360. The highest BCUT2D eigenvalue weighted by atomic mass is 79.9. The third-order valence-electron chi connectivity index (χ3n) is 3.36. The first kappa shape index (κ1) is 12.6. The third-order valence-corrected chi connectivity index (χ3v) is 3.96. The van der Waals surface area contributed by atoms with Crippen molar-refractivity contribution in [1.82, 2.24) is 0 Å². The predicted molar refractivity (Wildman–Crippen MR) is 69.4 cm³/mol. The second-order valence-corrected chi connectivity index (χ2v) is 6.17. The molecule has 0 radical (unpaired) electrons. The molecule has 1 aromatic carbocycles. The Kier molecular flexibility index (Phi) is 3.02. The summed E-state index contributed by atoms with van der Waals surface area (Å²) in [4.78, 5) is 11.9. The number of anilines is 1. The van der Waals surface area contributed by atoms with E-state index < -0.39 is 0 Å². The third kappa shape index (κ3) is 2.51. The average molecular weight is 300 g/mol. The van der Waals surface area contributed by atoms with Crippen LogP contribution in [-0.2, 0) is 4.79 Å². The molecule has 1 N–H and O–H groups in total. The van der Waals surface area contributed by atoms with Crippen LogP contribution >= 0.6 is 15.9 Å². The fourth-order valence-electron chi connectivity index (χ4n) is 1.92. The molecule has 92 valence electrons. The molecule has 1 aliphatic carbocycles. The summed E-state index contributed by atoms with van der Waals surface area (Å²) in [6.45, 7) is 5.97. The van der Waals surface area contributed by atoms with Gasteiger partial charge in [0.15, 0.2) is 0 Å². The summed E-state index contributed by atoms with van der Waals surface area (Å²) in [7, 11) is 0. The molecule has 1 saturated carbocycles. The van der Waals surface area contributed by atoms with Gasteiger partial charge in [0.2, 0.25) is 5.91 Å². The minimum absolute atomic E-state index is 0.0141. The van der Waals surface area contributed by atoms with E-state index in [1.54, 1.807) is 6.07 Å². The minimum Gasteiger partial charge on any atom is -0.325 e. The number of aryl methyl sites for hydroxylation is 1. The van der Waals surface area contributed by atoms with Gasteiger partial charge in [-0.2, -0.15) is 0 Å². The van der Waals surface area contributed by atoms with Gasteiger partial charge < -0.3 is 5.32 Å². The fraction of sp³-hybridized carbons (Fsp3) is 0.462. The van der Waals surface area contributed by atoms with Crippen LogP contribution in [0, 0.1) is 24.1 Å². The van der Waals surface area contributed by atoms with Crippen molar-refractivity contribution in [3.63, 3.8) is 0 Å². The molecule has 1 atom stereocenters. The molecular formula is C13H15BrFNO. The van der Waals surface area contributed by atoms with Gasteiger partial charge >= 0.3 is 0 Å². The summed E-state index contributed by atoms with van der Waals surface area (Å²) in [6.07, 6.45) is 0.900. The van der Waals surface area contributed by atoms with Gasteiger partial charge in [0, 0.05) is 11.6 Å². The van der Waals surface area contributed by atoms with Crippen LogP contribution in [0.3, 0.4) is 0 Å². The van der Waals surface area contributed by atoms with Gasteiger partial charge in [-0.3, -0.25) is 4.79 Å². The van der Waals surface area contributed by atoms with Crippen LogP contribution in [0.25, 0.3) is 0 Å². The normalized spacial score (nSPS) is 21.1. The number of hydrogen-bond donors (Lipinski definition) is 1. The Morgan fingerprint density at radius 2 is 2.12 bits per heavy atom. The number of amides is 1. The van der Waals surface area contributed by atoms with E-state index in [1.807, 2.05) is 6.92 Å². The number of benzene rings is 1. The van der Waals surface area contributed by atoms with Crippen LogP contribution < -0.4 is 5.32 Å². The van der Waals surface area contributed by atoms with Gasteiger partial charge in [-0.1, -0.05) is 13.8 Å². The molecule has 17 heavy (non-hydrogen) atoms. The molecule has 0 aliphatic heterocycles. The molecule has 1 aliphatic rings. The van der Waals surface area contributed by atoms with Crippen molar-refractivity contribution in [2.75, 3.05) is 5.32 Å². The molecule has 0 saturated heterocycles. The highest BCUT2D eigenvalue weighted by Crippen LogP contribution is 2.52. The van der Waals surface area contributed by atoms with Crippen molar-refractivity contribution in [2.24, 2.45) is 11.3 Å². The number of carbonyl (C=O) groups excluding carboxylic acids is 1. The second kappa shape index (κ2) is 4.09. The molecular weight excluding hydrogens is 285 g/mol. The van der Waals surface area contributed by atoms with Crippen LogP contribution in [-0.4, -0.2) is 5.91 Å². The summed E-state index contributed by atoms with van der Waals surface area (Å²) in [5, 5.41) is 2.80. The summed E-state index contributed by atoms with van der Waals surface area (Å²) in [5.41, 5.74) is 1.50. The lowest BCUT2D eigenvalue weighted by molar-refractivity contribution is -0.118. The molecule has 0 spiro atoms. The van der Waals surface area contributed by atoms with Crippen LogP contribution in [0.15, 0.2) is 16.6 Å². The van der Waals surface area contributed by atoms with Crippen LogP contribution in [0.1, 0.15) is 25.8 Å². The molecule has 1 unspecified atom stereocenters. The fourth-order valence-corrected chi connectivity index (χ4v) is 2.37. The molecule has 0 aromatic heterocycles. The zero-order chi connectivity index (χ0) is 12.8. The van der Waals surface area contributed by atoms with Gasteiger partial charge in [-0.05, 0) is 52.4 Å². The maximum absolute atomic E-state index is 13.4. The summed E-state index contributed by atoms with van der Waals surface area (Å²) < 4.78 is 13.8. The van der Waals surface area contributed by atoms with Crippen LogP contribution in [0.5, 0.6) is 0 Å². The molecule has 1 amide bonds. The second-order valence-electron chi connectivity index (χ2n) is 5.32. The maximum atomic E-state index is 13.4. The topological polar surface area (TPSA) is 29.1 Å². The molecule has 1 aromatic rings. The van der Waals surface area contributed by atoms with Gasteiger partial charge in [0.1, 0.15) is 5.82 Å². The molecule has 0 heterocycles. The van der Waals surface area contributed by atoms with E-state index in [0.717, 1.165) is 12.0 Å². The van der Waals surface area contributed by atoms with Crippen molar-refractivity contribution in [3.05, 3.63) is 28.0 Å². The molecule has 2 nitrogen and oxygen atoms in total. The van der Waals surface area contributed by atoms with E-state index in [1.165, 1.54) is 6.07 Å². The van der Waals surface area contributed by atoms with E-state index in [4.69, 9.17) is 0 Å². The van der Waals surface area contributed by atoms with E-state index >= 15 is 0 Å². The van der Waals surface area contributed by atoms with E-state index in [2.05, 4.69) is 35.1 Å². The molecule has 4 heteroatoms. The van der Waals surface area contributed by atoms with Crippen molar-refractivity contribution >= 4 is 27.5 Å². The molecule has 1 fully saturated rings. The zero-order valence-corrected chi connectivity index (χ0v) is 11.7. The Bertz CT molecular complexity index is 485. The van der Waals surface area contributed by atoms with Crippen molar-refractivity contribution in [1.29, 1.82) is 0 Å². The first-order valence-electron chi connectivity index (χ1n) is 5.58. The monoisotopic (exact) mass is 299 g/mol. The molecule has 0 bridgehead atoms. The van der Waals surface area contributed by atoms with Crippen LogP contribution in [0.2, 0.25) is 0 Å². The number of nitrogens with one attached hydrogen (secondary N) is 1. The van der Waals surface area contributed by atoms with E-state index in [0.29, 0.717) is 10.2 Å². The highest BCUT2D eigenvalue weighted by molar-refractivity contribution is 9.10. The number of halogens is 2. The Hall–Kier alpha value is -0.900. The van der Waals surface area contributed by atoms with Gasteiger partial charge in [-0.25, -0.2) is 4.39 Å². The van der Waals surface area contributed by atoms with Gasteiger partial charge in [0.05, 0.1) is 4.47 Å². The maximum Gasteiger partial charge on any atom is 0.228 e. The lowest BCUT2D eigenvalue weighted by atomic mass is 10.1. The predicted octanol–water partition coefficient (Wildman–Crippen LogP) is 3.88. The highest BCUT2D eigenvalue weighted by Gasteiger charge is 2.50. The van der Waals surface area contributed by atoms with Gasteiger partial charge in [0.25, 0.3) is 0 Å². The average Bonchev–Trinajstić information content (AvgIpc) is 2.84. The first-order valence-corrected chi connectivity index (χ1v) is 6.37. The Labute approximate surface area is 109 Å². The largest absolute Gasteiger partial charge is 0.325 e. The standard InChI is InChI=1S/C13H15BrFNO/c1-7-4-9(14)10(15)5-11(7)16-12(17)8-6-13(8,2)3/h4-5,8H,6H2,1-3H3,(H,16,17). The van der Waals surface area contributed by atoms with Crippen molar-refractivity contribution in [2.45, 2.75) is 27.2 Å². The number of carbonyl (C=O) groups is 1. The lowest BCUT2D eigenvalue weighted by Crippen LogP contribution is -2.17. The van der Waals surface area contributed by atoms with E-state index in [-0.39, 0.29) is 23.1 Å². The first-order chi connectivity index (χ1) is 7.81. The Balaban J connectivity index is 2.14.